The molecule has 0 spiro atoms. The van der Waals surface area contributed by atoms with Gasteiger partial charge in [-0.25, -0.2) is 4.98 Å². The molecule has 7 heteroatoms. The van der Waals surface area contributed by atoms with Crippen LogP contribution in [0.4, 0.5) is 5.82 Å². The van der Waals surface area contributed by atoms with Gasteiger partial charge in [-0.05, 0) is 69.6 Å². The number of hydrogen-bond donors (Lipinski definition) is 2. The lowest BCUT2D eigenvalue weighted by Crippen LogP contribution is -2.32. The molecule has 2 aliphatic rings. The molecule has 0 radical (unpaired) electrons. The van der Waals surface area contributed by atoms with Gasteiger partial charge >= 0.3 is 0 Å². The molecule has 1 amide bonds. The minimum absolute atomic E-state index is 0.0823. The van der Waals surface area contributed by atoms with Crippen LogP contribution in [0, 0.1) is 11.8 Å². The molecular formula is C23H24BrN5O. The Morgan fingerprint density at radius 1 is 1.33 bits per heavy atom. The molecule has 2 N–H and O–H groups in total. The number of fused-ring (bicyclic) bond motifs is 1. The summed E-state index contributed by atoms with van der Waals surface area (Å²) in [5.74, 6) is 1.24. The van der Waals surface area contributed by atoms with E-state index in [0.717, 1.165) is 53.5 Å². The van der Waals surface area contributed by atoms with E-state index in [-0.39, 0.29) is 11.8 Å². The van der Waals surface area contributed by atoms with E-state index >= 15 is 0 Å². The van der Waals surface area contributed by atoms with Gasteiger partial charge in [0.25, 0.3) is 0 Å². The van der Waals surface area contributed by atoms with Gasteiger partial charge in [-0.3, -0.25) is 14.7 Å². The standard InChI is InChI=1S/C23H24BrN5O/c1-14-12-29(13-15-8-17(24)11-25-10-15)7-5-18(14)20-9-21(28-23(30)16-2-3-16)27-22-19(20)4-6-26-22/h4-6,8-11,14,16H,2-3,7,12-13H2,1H3,(H2,26,27,28,30). The molecule has 30 heavy (non-hydrogen) atoms. The van der Waals surface area contributed by atoms with E-state index in [9.17, 15) is 4.79 Å². The maximum absolute atomic E-state index is 12.3. The van der Waals surface area contributed by atoms with Crippen molar-refractivity contribution in [1.82, 2.24) is 19.9 Å². The zero-order chi connectivity index (χ0) is 20.7. The number of aromatic nitrogens is 3. The molecular weight excluding hydrogens is 442 g/mol. The van der Waals surface area contributed by atoms with E-state index in [1.807, 2.05) is 24.7 Å². The molecule has 1 unspecified atom stereocenters. The Morgan fingerprint density at radius 2 is 2.20 bits per heavy atom. The van der Waals surface area contributed by atoms with E-state index in [1.165, 1.54) is 11.1 Å². The second-order valence-electron chi connectivity index (χ2n) is 8.32. The van der Waals surface area contributed by atoms with Crippen LogP contribution >= 0.6 is 15.9 Å². The van der Waals surface area contributed by atoms with Gasteiger partial charge in [-0.2, -0.15) is 0 Å². The number of amides is 1. The van der Waals surface area contributed by atoms with Crippen molar-refractivity contribution in [3.8, 4) is 0 Å². The first-order chi connectivity index (χ1) is 14.6. The highest BCUT2D eigenvalue weighted by Gasteiger charge is 2.30. The van der Waals surface area contributed by atoms with Crippen LogP contribution in [-0.2, 0) is 11.3 Å². The summed E-state index contributed by atoms with van der Waals surface area (Å²) in [6.07, 6.45) is 9.92. The van der Waals surface area contributed by atoms with Crippen LogP contribution < -0.4 is 5.32 Å². The lowest BCUT2D eigenvalue weighted by Gasteiger charge is -2.31. The van der Waals surface area contributed by atoms with Crippen molar-refractivity contribution < 1.29 is 4.79 Å². The topological polar surface area (TPSA) is 73.9 Å². The second kappa shape index (κ2) is 7.96. The molecule has 1 saturated carbocycles. The third-order valence-electron chi connectivity index (χ3n) is 5.84. The van der Waals surface area contributed by atoms with Gasteiger partial charge in [-0.1, -0.05) is 13.0 Å². The summed E-state index contributed by atoms with van der Waals surface area (Å²) in [7, 11) is 0. The first-order valence-electron chi connectivity index (χ1n) is 10.4. The third-order valence-corrected chi connectivity index (χ3v) is 6.27. The van der Waals surface area contributed by atoms with Crippen molar-refractivity contribution in [3.63, 3.8) is 0 Å². The number of hydrogen-bond acceptors (Lipinski definition) is 4. The number of halogens is 1. The average Bonchev–Trinajstić information content (AvgIpc) is 3.46. The molecule has 3 aromatic rings. The molecule has 0 saturated heterocycles. The highest BCUT2D eigenvalue weighted by molar-refractivity contribution is 9.10. The molecule has 1 aliphatic heterocycles. The van der Waals surface area contributed by atoms with Gasteiger partial charge < -0.3 is 10.3 Å². The molecule has 0 aromatic carbocycles. The van der Waals surface area contributed by atoms with Crippen LogP contribution in [0.1, 0.15) is 30.9 Å². The normalized spacial score (nSPS) is 19.7. The van der Waals surface area contributed by atoms with E-state index < -0.39 is 0 Å². The molecule has 5 rings (SSSR count). The summed E-state index contributed by atoms with van der Waals surface area (Å²) >= 11 is 3.50. The summed E-state index contributed by atoms with van der Waals surface area (Å²) in [6.45, 7) is 4.98. The van der Waals surface area contributed by atoms with Crippen molar-refractivity contribution in [2.45, 2.75) is 26.3 Å². The molecule has 3 aromatic heterocycles. The predicted molar refractivity (Wildman–Crippen MR) is 122 cm³/mol. The van der Waals surface area contributed by atoms with Crippen molar-refractivity contribution in [2.75, 3.05) is 18.4 Å². The van der Waals surface area contributed by atoms with Crippen LogP contribution in [-0.4, -0.2) is 38.8 Å². The Hall–Kier alpha value is -2.51. The number of pyridine rings is 2. The summed E-state index contributed by atoms with van der Waals surface area (Å²) < 4.78 is 1.01. The van der Waals surface area contributed by atoms with Gasteiger partial charge in [0.1, 0.15) is 11.5 Å². The van der Waals surface area contributed by atoms with Crippen LogP contribution in [0.15, 0.2) is 47.3 Å². The molecule has 0 bridgehead atoms. The highest BCUT2D eigenvalue weighted by atomic mass is 79.9. The first-order valence-corrected chi connectivity index (χ1v) is 11.2. The Morgan fingerprint density at radius 3 is 2.97 bits per heavy atom. The van der Waals surface area contributed by atoms with Crippen LogP contribution in [0.5, 0.6) is 0 Å². The van der Waals surface area contributed by atoms with E-state index in [0.29, 0.717) is 11.7 Å². The number of carbonyl (C=O) groups is 1. The fourth-order valence-corrected chi connectivity index (χ4v) is 4.62. The monoisotopic (exact) mass is 465 g/mol. The lowest BCUT2D eigenvalue weighted by molar-refractivity contribution is -0.117. The molecule has 1 aliphatic carbocycles. The van der Waals surface area contributed by atoms with Crippen molar-refractivity contribution in [1.29, 1.82) is 0 Å². The summed E-state index contributed by atoms with van der Waals surface area (Å²) in [6, 6.07) is 6.22. The third kappa shape index (κ3) is 4.04. The maximum Gasteiger partial charge on any atom is 0.228 e. The second-order valence-corrected chi connectivity index (χ2v) is 9.24. The van der Waals surface area contributed by atoms with Gasteiger partial charge in [0.05, 0.1) is 0 Å². The average molecular weight is 466 g/mol. The Bertz CT molecular complexity index is 1130. The number of H-pyrrole nitrogens is 1. The van der Waals surface area contributed by atoms with Crippen LogP contribution in [0.3, 0.4) is 0 Å². The van der Waals surface area contributed by atoms with Crippen LogP contribution in [0.2, 0.25) is 0 Å². The number of rotatable bonds is 5. The quantitative estimate of drug-likeness (QED) is 0.576. The lowest BCUT2D eigenvalue weighted by atomic mass is 9.89. The van der Waals surface area contributed by atoms with Gasteiger partial charge in [0, 0.05) is 54.0 Å². The molecule has 1 atom stereocenters. The Kier molecular flexibility index (Phi) is 5.16. The predicted octanol–water partition coefficient (Wildman–Crippen LogP) is 4.60. The maximum atomic E-state index is 12.3. The number of aromatic amines is 1. The van der Waals surface area contributed by atoms with Crippen molar-refractivity contribution >= 4 is 44.3 Å². The Labute approximate surface area is 183 Å². The summed E-state index contributed by atoms with van der Waals surface area (Å²) in [5, 5.41) is 4.11. The smallest absolute Gasteiger partial charge is 0.228 e. The molecule has 1 fully saturated rings. The summed E-state index contributed by atoms with van der Waals surface area (Å²) in [4.78, 5) is 26.8. The fourth-order valence-electron chi connectivity index (χ4n) is 4.21. The zero-order valence-corrected chi connectivity index (χ0v) is 18.4. The fraction of sp³-hybridized carbons (Fsp3) is 0.348. The number of nitrogens with one attached hydrogen (secondary N) is 2. The minimum Gasteiger partial charge on any atom is -0.346 e. The van der Waals surface area contributed by atoms with E-state index in [1.54, 1.807) is 0 Å². The minimum atomic E-state index is 0.0823. The number of carbonyl (C=O) groups excluding carboxylic acids is 1. The van der Waals surface area contributed by atoms with Gasteiger partial charge in [0.15, 0.2) is 0 Å². The summed E-state index contributed by atoms with van der Waals surface area (Å²) in [5.41, 5.74) is 4.49. The molecule has 4 heterocycles. The van der Waals surface area contributed by atoms with E-state index in [2.05, 4.69) is 66.2 Å². The highest BCUT2D eigenvalue weighted by Crippen LogP contribution is 2.35. The van der Waals surface area contributed by atoms with Gasteiger partial charge in [-0.15, -0.1) is 0 Å². The first kappa shape index (κ1) is 19.5. The zero-order valence-electron chi connectivity index (χ0n) is 16.9. The van der Waals surface area contributed by atoms with Crippen LogP contribution in [0.25, 0.3) is 16.6 Å². The SMILES string of the molecule is CC1CN(Cc2cncc(Br)c2)CC=C1c1cc(NC(=O)C2CC2)nc2[nH]ccc12. The van der Waals surface area contributed by atoms with E-state index in [4.69, 9.17) is 0 Å². The van der Waals surface area contributed by atoms with Gasteiger partial charge in [0.2, 0.25) is 5.91 Å². The molecule has 154 valence electrons. The Balaban J connectivity index is 1.41. The number of nitrogens with zero attached hydrogens (tertiary/aromatic N) is 3. The number of anilines is 1. The van der Waals surface area contributed by atoms with Crippen molar-refractivity contribution in [2.24, 2.45) is 11.8 Å². The largest absolute Gasteiger partial charge is 0.346 e. The van der Waals surface area contributed by atoms with Crippen molar-refractivity contribution in [3.05, 3.63) is 58.5 Å². The molecule has 6 nitrogen and oxygen atoms in total.